The molecule has 0 unspecified atom stereocenters. The molecule has 6 heteroatoms. The third kappa shape index (κ3) is 10.5. The van der Waals surface area contributed by atoms with Crippen molar-refractivity contribution in [3.8, 4) is 0 Å². The third-order valence-electron chi connectivity index (χ3n) is 3.06. The van der Waals surface area contributed by atoms with Gasteiger partial charge in [-0.15, -0.1) is 24.0 Å². The number of guanidine groups is 1. The zero-order chi connectivity index (χ0) is 16.2. The number of aromatic nitrogens is 1. The van der Waals surface area contributed by atoms with Crippen LogP contribution in [0.3, 0.4) is 0 Å². The van der Waals surface area contributed by atoms with E-state index in [9.17, 15) is 0 Å². The minimum Gasteiger partial charge on any atom is -0.381 e. The fourth-order valence-electron chi connectivity index (χ4n) is 1.88. The Hall–Kier alpha value is -0.890. The summed E-state index contributed by atoms with van der Waals surface area (Å²) < 4.78 is 5.57. The first-order valence-electron chi connectivity index (χ1n) is 8.14. The van der Waals surface area contributed by atoms with Crippen molar-refractivity contribution in [3.63, 3.8) is 0 Å². The molecule has 5 nitrogen and oxygen atoms in total. The second-order valence-electron chi connectivity index (χ2n) is 5.71. The summed E-state index contributed by atoms with van der Waals surface area (Å²) in [6.45, 7) is 12.3. The average molecular weight is 434 g/mol. The van der Waals surface area contributed by atoms with E-state index < -0.39 is 0 Å². The molecule has 0 aliphatic carbocycles. The Morgan fingerprint density at radius 3 is 2.78 bits per heavy atom. The molecule has 0 aliphatic rings. The Bertz CT molecular complexity index is 452. The second kappa shape index (κ2) is 13.5. The monoisotopic (exact) mass is 434 g/mol. The summed E-state index contributed by atoms with van der Waals surface area (Å²) in [6, 6.07) is 4.01. The van der Waals surface area contributed by atoms with Gasteiger partial charge in [0, 0.05) is 32.5 Å². The van der Waals surface area contributed by atoms with Crippen LogP contribution < -0.4 is 10.6 Å². The fraction of sp³-hybridized carbons (Fsp3) is 0.647. The van der Waals surface area contributed by atoms with Crippen LogP contribution in [0.1, 0.15) is 38.4 Å². The molecule has 1 aromatic rings. The first kappa shape index (κ1) is 22.1. The van der Waals surface area contributed by atoms with E-state index in [4.69, 9.17) is 4.74 Å². The van der Waals surface area contributed by atoms with Gasteiger partial charge in [0.1, 0.15) is 0 Å². The molecule has 2 N–H and O–H groups in total. The van der Waals surface area contributed by atoms with Crippen LogP contribution in [0.25, 0.3) is 0 Å². The summed E-state index contributed by atoms with van der Waals surface area (Å²) >= 11 is 0. The molecule has 0 amide bonds. The Labute approximate surface area is 157 Å². The zero-order valence-corrected chi connectivity index (χ0v) is 17.1. The topological polar surface area (TPSA) is 58.5 Å². The van der Waals surface area contributed by atoms with Crippen LogP contribution in [0.4, 0.5) is 0 Å². The highest BCUT2D eigenvalue weighted by Gasteiger charge is 2.00. The quantitative estimate of drug-likeness (QED) is 0.272. The van der Waals surface area contributed by atoms with Gasteiger partial charge in [0.25, 0.3) is 0 Å². The van der Waals surface area contributed by atoms with Gasteiger partial charge >= 0.3 is 0 Å². The minimum atomic E-state index is 0. The number of ether oxygens (including phenoxy) is 1. The highest BCUT2D eigenvalue weighted by Crippen LogP contribution is 2.04. The van der Waals surface area contributed by atoms with E-state index in [2.05, 4.69) is 54.4 Å². The lowest BCUT2D eigenvalue weighted by molar-refractivity contribution is 0.108. The maximum atomic E-state index is 5.57. The average Bonchev–Trinajstić information content (AvgIpc) is 2.49. The van der Waals surface area contributed by atoms with E-state index >= 15 is 0 Å². The molecule has 0 aromatic carbocycles. The Morgan fingerprint density at radius 1 is 1.35 bits per heavy atom. The summed E-state index contributed by atoms with van der Waals surface area (Å²) in [4.78, 5) is 8.95. The molecular formula is C17H31IN4O. The van der Waals surface area contributed by atoms with Crippen LogP contribution in [0, 0.1) is 12.8 Å². The number of hydrogen-bond acceptors (Lipinski definition) is 3. The summed E-state index contributed by atoms with van der Waals surface area (Å²) in [7, 11) is 0. The van der Waals surface area contributed by atoms with E-state index in [0.29, 0.717) is 12.5 Å². The van der Waals surface area contributed by atoms with Crippen LogP contribution in [-0.2, 0) is 11.3 Å². The molecule has 0 aliphatic heterocycles. The Kier molecular flexibility index (Phi) is 13.0. The first-order valence-corrected chi connectivity index (χ1v) is 8.14. The predicted octanol–water partition coefficient (Wildman–Crippen LogP) is 3.13. The smallest absolute Gasteiger partial charge is 0.191 e. The predicted molar refractivity (Wildman–Crippen MR) is 107 cm³/mol. The van der Waals surface area contributed by atoms with Gasteiger partial charge in [-0.25, -0.2) is 4.99 Å². The summed E-state index contributed by atoms with van der Waals surface area (Å²) in [6.07, 6.45) is 2.78. The number of rotatable bonds is 9. The molecule has 0 fully saturated rings. The summed E-state index contributed by atoms with van der Waals surface area (Å²) in [5.41, 5.74) is 2.18. The molecule has 0 atom stereocenters. The lowest BCUT2D eigenvalue weighted by Gasteiger charge is -2.12. The largest absolute Gasteiger partial charge is 0.381 e. The number of hydrogen-bond donors (Lipinski definition) is 2. The molecule has 0 spiro atoms. The van der Waals surface area contributed by atoms with Crippen molar-refractivity contribution in [1.82, 2.24) is 15.6 Å². The highest BCUT2D eigenvalue weighted by atomic mass is 127. The Morgan fingerprint density at radius 2 is 2.13 bits per heavy atom. The van der Waals surface area contributed by atoms with Crippen LogP contribution in [0.15, 0.2) is 23.3 Å². The molecule has 1 rings (SSSR count). The molecule has 0 radical (unpaired) electrons. The minimum absolute atomic E-state index is 0. The zero-order valence-electron chi connectivity index (χ0n) is 14.8. The van der Waals surface area contributed by atoms with Crippen molar-refractivity contribution in [2.75, 3.05) is 26.3 Å². The molecule has 132 valence electrons. The number of nitrogens with one attached hydrogen (secondary N) is 2. The fourth-order valence-corrected chi connectivity index (χ4v) is 1.88. The van der Waals surface area contributed by atoms with Crippen molar-refractivity contribution in [1.29, 1.82) is 0 Å². The van der Waals surface area contributed by atoms with Gasteiger partial charge in [-0.2, -0.15) is 0 Å². The van der Waals surface area contributed by atoms with Crippen molar-refractivity contribution in [2.24, 2.45) is 10.9 Å². The van der Waals surface area contributed by atoms with E-state index in [0.717, 1.165) is 44.4 Å². The lowest BCUT2D eigenvalue weighted by Crippen LogP contribution is -2.38. The maximum absolute atomic E-state index is 5.57. The summed E-state index contributed by atoms with van der Waals surface area (Å²) in [5, 5.41) is 6.58. The SMILES string of the molecule is CCNC(=NCc1ncccc1C)NCCCOCC(C)C.I. The van der Waals surface area contributed by atoms with Crippen LogP contribution >= 0.6 is 24.0 Å². The van der Waals surface area contributed by atoms with Crippen LogP contribution in [-0.4, -0.2) is 37.2 Å². The van der Waals surface area contributed by atoms with Crippen molar-refractivity contribution in [3.05, 3.63) is 29.6 Å². The molecular weight excluding hydrogens is 403 g/mol. The molecule has 1 aromatic heterocycles. The molecule has 0 saturated carbocycles. The van der Waals surface area contributed by atoms with Gasteiger partial charge in [0.15, 0.2) is 5.96 Å². The molecule has 0 saturated heterocycles. The maximum Gasteiger partial charge on any atom is 0.191 e. The van der Waals surface area contributed by atoms with E-state index in [-0.39, 0.29) is 24.0 Å². The van der Waals surface area contributed by atoms with Gasteiger partial charge in [-0.3, -0.25) is 4.98 Å². The number of aryl methyl sites for hydroxylation is 1. The van der Waals surface area contributed by atoms with E-state index in [1.165, 1.54) is 5.56 Å². The van der Waals surface area contributed by atoms with Gasteiger partial charge in [0.05, 0.1) is 12.2 Å². The van der Waals surface area contributed by atoms with Crippen molar-refractivity contribution < 1.29 is 4.74 Å². The van der Waals surface area contributed by atoms with Gasteiger partial charge in [-0.05, 0) is 37.8 Å². The third-order valence-corrected chi connectivity index (χ3v) is 3.06. The lowest BCUT2D eigenvalue weighted by atomic mass is 10.2. The van der Waals surface area contributed by atoms with E-state index in [1.807, 2.05) is 12.3 Å². The van der Waals surface area contributed by atoms with Crippen LogP contribution in [0.2, 0.25) is 0 Å². The van der Waals surface area contributed by atoms with Gasteiger partial charge < -0.3 is 15.4 Å². The summed E-state index contributed by atoms with van der Waals surface area (Å²) in [5.74, 6) is 1.42. The standard InChI is InChI=1S/C17H30N4O.HI/c1-5-18-17(20-10-7-11-22-13-14(2)3)21-12-16-15(4)8-6-9-19-16;/h6,8-9,14H,5,7,10-13H2,1-4H3,(H2,18,20,21);1H. The molecule has 23 heavy (non-hydrogen) atoms. The highest BCUT2D eigenvalue weighted by molar-refractivity contribution is 14.0. The van der Waals surface area contributed by atoms with Crippen molar-refractivity contribution in [2.45, 2.75) is 40.7 Å². The normalized spacial score (nSPS) is 11.3. The van der Waals surface area contributed by atoms with E-state index in [1.54, 1.807) is 0 Å². The first-order chi connectivity index (χ1) is 10.6. The number of nitrogens with zero attached hydrogens (tertiary/aromatic N) is 2. The number of pyridine rings is 1. The molecule has 0 bridgehead atoms. The van der Waals surface area contributed by atoms with Crippen LogP contribution in [0.5, 0.6) is 0 Å². The number of aliphatic imine (C=N–C) groups is 1. The van der Waals surface area contributed by atoms with Gasteiger partial charge in [-0.1, -0.05) is 19.9 Å². The Balaban J connectivity index is 0.00000484. The number of halogens is 1. The second-order valence-corrected chi connectivity index (χ2v) is 5.71. The molecule has 1 heterocycles. The van der Waals surface area contributed by atoms with Gasteiger partial charge in [0.2, 0.25) is 0 Å². The van der Waals surface area contributed by atoms with Crippen molar-refractivity contribution >= 4 is 29.9 Å².